The van der Waals surface area contributed by atoms with E-state index in [1.54, 1.807) is 6.07 Å². The molecule has 21 heavy (non-hydrogen) atoms. The van der Waals surface area contributed by atoms with Gasteiger partial charge in [-0.15, -0.1) is 0 Å². The maximum absolute atomic E-state index is 13.9. The zero-order chi connectivity index (χ0) is 14.7. The summed E-state index contributed by atoms with van der Waals surface area (Å²) in [5.74, 6) is -0.0245. The molecule has 2 saturated heterocycles. The minimum absolute atomic E-state index is 0.139. The highest BCUT2D eigenvalue weighted by Crippen LogP contribution is 2.34. The number of halogens is 1. The van der Waals surface area contributed by atoms with Crippen molar-refractivity contribution in [2.75, 3.05) is 31.7 Å². The Kier molecular flexibility index (Phi) is 4.31. The van der Waals surface area contributed by atoms with Gasteiger partial charge >= 0.3 is 0 Å². The molecule has 5 heteroatoms. The van der Waals surface area contributed by atoms with E-state index in [0.717, 1.165) is 38.2 Å². The maximum Gasteiger partial charge on any atom is 0.167 e. The Hall–Kier alpha value is -1.33. The van der Waals surface area contributed by atoms with Crippen LogP contribution in [0.3, 0.4) is 0 Å². The Morgan fingerprint density at radius 2 is 2.33 bits per heavy atom. The smallest absolute Gasteiger partial charge is 0.167 e. The van der Waals surface area contributed by atoms with Crippen molar-refractivity contribution in [3.63, 3.8) is 0 Å². The predicted octanol–water partition coefficient (Wildman–Crippen LogP) is 2.97. The fourth-order valence-electron chi connectivity index (χ4n) is 3.11. The molecule has 2 aliphatic heterocycles. The van der Waals surface area contributed by atoms with Crippen molar-refractivity contribution in [2.24, 2.45) is 0 Å². The molecule has 1 aromatic carbocycles. The average Bonchev–Trinajstić information content (AvgIpc) is 2.90. The van der Waals surface area contributed by atoms with Crippen molar-refractivity contribution >= 4 is 5.69 Å². The third-order valence-electron chi connectivity index (χ3n) is 4.16. The Labute approximate surface area is 124 Å². The molecular weight excluding hydrogens is 273 g/mol. The van der Waals surface area contributed by atoms with Gasteiger partial charge in [-0.1, -0.05) is 0 Å². The SMILES string of the molecule is CCOc1ccc(NC2CCOC3(CCOC3)C2)cc1F. The largest absolute Gasteiger partial charge is 0.491 e. The zero-order valence-electron chi connectivity index (χ0n) is 12.4. The number of ether oxygens (including phenoxy) is 3. The average molecular weight is 295 g/mol. The molecule has 0 saturated carbocycles. The van der Waals surface area contributed by atoms with Crippen molar-refractivity contribution in [3.8, 4) is 5.75 Å². The normalized spacial score (nSPS) is 28.8. The van der Waals surface area contributed by atoms with Gasteiger partial charge in [0.2, 0.25) is 0 Å². The molecule has 1 N–H and O–H groups in total. The Morgan fingerprint density at radius 1 is 1.43 bits per heavy atom. The Morgan fingerprint density at radius 3 is 3.05 bits per heavy atom. The highest BCUT2D eigenvalue weighted by molar-refractivity contribution is 5.48. The van der Waals surface area contributed by atoms with Gasteiger partial charge in [0, 0.05) is 37.4 Å². The molecule has 2 heterocycles. The molecule has 1 aromatic rings. The molecule has 2 atom stereocenters. The Balaban J connectivity index is 1.64. The van der Waals surface area contributed by atoms with E-state index in [1.807, 2.05) is 13.0 Å². The van der Waals surface area contributed by atoms with Crippen LogP contribution in [0.25, 0.3) is 0 Å². The second-order valence-electron chi connectivity index (χ2n) is 5.75. The summed E-state index contributed by atoms with van der Waals surface area (Å²) in [6, 6.07) is 5.33. The highest BCUT2D eigenvalue weighted by atomic mass is 19.1. The van der Waals surface area contributed by atoms with Crippen LogP contribution in [0.2, 0.25) is 0 Å². The first kappa shape index (κ1) is 14.6. The quantitative estimate of drug-likeness (QED) is 0.927. The van der Waals surface area contributed by atoms with Crippen LogP contribution in [0.5, 0.6) is 5.75 Å². The van der Waals surface area contributed by atoms with E-state index in [2.05, 4.69) is 5.32 Å². The first-order chi connectivity index (χ1) is 10.2. The van der Waals surface area contributed by atoms with Gasteiger partial charge in [-0.2, -0.15) is 0 Å². The van der Waals surface area contributed by atoms with Crippen LogP contribution in [0.1, 0.15) is 26.2 Å². The third-order valence-corrected chi connectivity index (χ3v) is 4.16. The topological polar surface area (TPSA) is 39.7 Å². The standard InChI is InChI=1S/C16H22FNO3/c1-2-20-15-4-3-12(9-14(15)17)18-13-5-7-21-16(10-13)6-8-19-11-16/h3-4,9,13,18H,2,5-8,10-11H2,1H3. The first-order valence-electron chi connectivity index (χ1n) is 7.61. The Bertz CT molecular complexity index is 488. The lowest BCUT2D eigenvalue weighted by Gasteiger charge is -2.37. The fourth-order valence-corrected chi connectivity index (χ4v) is 3.11. The van der Waals surface area contributed by atoms with E-state index in [1.165, 1.54) is 6.07 Å². The number of rotatable bonds is 4. The van der Waals surface area contributed by atoms with Crippen LogP contribution in [0, 0.1) is 5.82 Å². The number of hydrogen-bond acceptors (Lipinski definition) is 4. The van der Waals surface area contributed by atoms with E-state index in [-0.39, 0.29) is 17.5 Å². The van der Waals surface area contributed by atoms with Crippen molar-refractivity contribution in [2.45, 2.75) is 37.8 Å². The lowest BCUT2D eigenvalue weighted by atomic mass is 9.89. The highest BCUT2D eigenvalue weighted by Gasteiger charge is 2.40. The summed E-state index contributed by atoms with van der Waals surface area (Å²) in [5.41, 5.74) is 0.650. The van der Waals surface area contributed by atoms with Gasteiger partial charge in [0.25, 0.3) is 0 Å². The fraction of sp³-hybridized carbons (Fsp3) is 0.625. The molecule has 2 unspecified atom stereocenters. The summed E-state index contributed by atoms with van der Waals surface area (Å²) in [5, 5.41) is 3.41. The van der Waals surface area contributed by atoms with Gasteiger partial charge in [0.1, 0.15) is 0 Å². The van der Waals surface area contributed by atoms with Crippen molar-refractivity contribution in [1.29, 1.82) is 0 Å². The van der Waals surface area contributed by atoms with E-state index in [0.29, 0.717) is 19.0 Å². The van der Waals surface area contributed by atoms with E-state index >= 15 is 0 Å². The zero-order valence-corrected chi connectivity index (χ0v) is 12.4. The van der Waals surface area contributed by atoms with Crippen molar-refractivity contribution < 1.29 is 18.6 Å². The van der Waals surface area contributed by atoms with Crippen molar-refractivity contribution in [1.82, 2.24) is 0 Å². The molecule has 0 aromatic heterocycles. The molecule has 1 spiro atoms. The summed E-state index contributed by atoms with van der Waals surface area (Å²) in [6.07, 6.45) is 2.78. The molecule has 0 aliphatic carbocycles. The molecule has 3 rings (SSSR count). The van der Waals surface area contributed by atoms with E-state index in [4.69, 9.17) is 14.2 Å². The van der Waals surface area contributed by atoms with Gasteiger partial charge in [-0.3, -0.25) is 0 Å². The molecular formula is C16H22FNO3. The molecule has 0 amide bonds. The summed E-state index contributed by atoms with van der Waals surface area (Å²) >= 11 is 0. The van der Waals surface area contributed by atoms with E-state index in [9.17, 15) is 4.39 Å². The summed E-state index contributed by atoms with van der Waals surface area (Å²) in [6.45, 7) is 4.47. The minimum Gasteiger partial charge on any atom is -0.491 e. The molecule has 0 bridgehead atoms. The molecule has 0 radical (unpaired) electrons. The van der Waals surface area contributed by atoms with Crippen LogP contribution >= 0.6 is 0 Å². The number of anilines is 1. The first-order valence-corrected chi connectivity index (χ1v) is 7.61. The number of hydrogen-bond donors (Lipinski definition) is 1. The minimum atomic E-state index is -0.326. The second kappa shape index (κ2) is 6.20. The van der Waals surface area contributed by atoms with Crippen LogP contribution < -0.4 is 10.1 Å². The second-order valence-corrected chi connectivity index (χ2v) is 5.75. The van der Waals surface area contributed by atoms with Crippen LogP contribution in [-0.2, 0) is 9.47 Å². The maximum atomic E-state index is 13.9. The lowest BCUT2D eigenvalue weighted by Crippen LogP contribution is -2.44. The van der Waals surface area contributed by atoms with Gasteiger partial charge in [-0.05, 0) is 31.9 Å². The summed E-state index contributed by atoms with van der Waals surface area (Å²) in [7, 11) is 0. The number of nitrogens with one attached hydrogen (secondary N) is 1. The van der Waals surface area contributed by atoms with Gasteiger partial charge in [-0.25, -0.2) is 4.39 Å². The predicted molar refractivity (Wildman–Crippen MR) is 78.3 cm³/mol. The number of benzene rings is 1. The van der Waals surface area contributed by atoms with Gasteiger partial charge < -0.3 is 19.5 Å². The van der Waals surface area contributed by atoms with Crippen LogP contribution in [0.4, 0.5) is 10.1 Å². The molecule has 4 nitrogen and oxygen atoms in total. The summed E-state index contributed by atoms with van der Waals surface area (Å²) in [4.78, 5) is 0. The van der Waals surface area contributed by atoms with E-state index < -0.39 is 0 Å². The van der Waals surface area contributed by atoms with Crippen LogP contribution in [0.15, 0.2) is 18.2 Å². The molecule has 2 fully saturated rings. The lowest BCUT2D eigenvalue weighted by molar-refractivity contribution is -0.0828. The van der Waals surface area contributed by atoms with Gasteiger partial charge in [0.15, 0.2) is 11.6 Å². The third kappa shape index (κ3) is 3.30. The monoisotopic (exact) mass is 295 g/mol. The van der Waals surface area contributed by atoms with Gasteiger partial charge in [0.05, 0.1) is 18.8 Å². The summed E-state index contributed by atoms with van der Waals surface area (Å²) < 4.78 is 30.5. The van der Waals surface area contributed by atoms with Crippen molar-refractivity contribution in [3.05, 3.63) is 24.0 Å². The molecule has 2 aliphatic rings. The van der Waals surface area contributed by atoms with Crippen LogP contribution in [-0.4, -0.2) is 38.1 Å². The molecule has 116 valence electrons.